The number of allylic oxidation sites excluding steroid dienone is 2. The van der Waals surface area contributed by atoms with Gasteiger partial charge >= 0.3 is 5.79 Å². The first-order chi connectivity index (χ1) is 30.8. The van der Waals surface area contributed by atoms with Crippen LogP contribution in [-0.2, 0) is 19.0 Å². The number of fused-ring (bicyclic) bond motifs is 14. The number of carbonyl (C=O) groups excluding carboxylic acids is 2. The van der Waals surface area contributed by atoms with Crippen LogP contribution in [0, 0.1) is 30.6 Å². The number of piperazine rings is 1. The third kappa shape index (κ3) is 8.68. The number of hydrogen-bond donors (Lipinski definition) is 6. The summed E-state index contributed by atoms with van der Waals surface area (Å²) in [6.45, 7) is 15.4. The summed E-state index contributed by atoms with van der Waals surface area (Å²) in [5, 5.41) is 59.6. The Kier molecular flexibility index (Phi) is 13.7. The molecule has 350 valence electrons. The summed E-state index contributed by atoms with van der Waals surface area (Å²) in [6, 6.07) is 3.25. The molecule has 0 aromatic heterocycles. The van der Waals surface area contributed by atoms with E-state index in [-0.39, 0.29) is 67.2 Å². The third-order valence-corrected chi connectivity index (χ3v) is 13.5. The van der Waals surface area contributed by atoms with Crippen LogP contribution < -0.4 is 20.4 Å². The zero-order chi connectivity index (χ0) is 47.2. The molecule has 1 saturated heterocycles. The highest BCUT2D eigenvalue weighted by Crippen LogP contribution is 2.51. The van der Waals surface area contributed by atoms with Crippen LogP contribution in [0.1, 0.15) is 57.5 Å². The number of phenols is 2. The van der Waals surface area contributed by atoms with Crippen LogP contribution in [0.2, 0.25) is 0 Å². The van der Waals surface area contributed by atoms with E-state index >= 15 is 0 Å². The first kappa shape index (κ1) is 47.4. The molecule has 0 saturated carbocycles. The van der Waals surface area contributed by atoms with Crippen LogP contribution in [0.15, 0.2) is 57.5 Å². The second-order valence-electron chi connectivity index (χ2n) is 17.8. The topological polar surface area (TPSA) is 234 Å². The number of hydrogen-bond acceptors (Lipinski definition) is 16. The Morgan fingerprint density at radius 3 is 2.26 bits per heavy atom. The number of carbonyl (C=O) groups is 2. The molecule has 1 amide bonds. The molecular weight excluding hydrogens is 841 g/mol. The summed E-state index contributed by atoms with van der Waals surface area (Å²) in [5.41, 5.74) is -0.650. The van der Waals surface area contributed by atoms with E-state index in [1.807, 2.05) is 0 Å². The normalized spacial score (nSPS) is 30.3. The Morgan fingerprint density at radius 2 is 1.58 bits per heavy atom. The number of rotatable bonds is 5. The van der Waals surface area contributed by atoms with Crippen LogP contribution >= 0.6 is 0 Å². The lowest BCUT2D eigenvalue weighted by molar-refractivity contribution is -0.112. The van der Waals surface area contributed by atoms with E-state index in [9.17, 15) is 39.9 Å². The molecule has 65 heavy (non-hydrogen) atoms. The minimum absolute atomic E-state index is 0.0110. The predicted molar refractivity (Wildman–Crippen MR) is 244 cm³/mol. The Morgan fingerprint density at radius 1 is 0.908 bits per heavy atom. The molecular formula is C48H60N4O13. The maximum atomic E-state index is 14.8. The molecule has 0 radical (unpaired) electrons. The fraction of sp³-hybridized carbons (Fsp3) is 0.500. The Balaban J connectivity index is 1.42. The van der Waals surface area contributed by atoms with E-state index in [0.29, 0.717) is 25.4 Å². The average Bonchev–Trinajstić information content (AvgIpc) is 3.56. The molecule has 17 heteroatoms. The highest BCUT2D eigenvalue weighted by atomic mass is 16.7. The van der Waals surface area contributed by atoms with E-state index < -0.39 is 76.7 Å². The molecule has 5 bridgehead atoms. The lowest BCUT2D eigenvalue weighted by Gasteiger charge is -2.36. The zero-order valence-corrected chi connectivity index (χ0v) is 38.2. The summed E-state index contributed by atoms with van der Waals surface area (Å²) in [6.07, 6.45) is 3.38. The van der Waals surface area contributed by atoms with Gasteiger partial charge in [-0.05, 0) is 19.9 Å². The highest BCUT2D eigenvalue weighted by Gasteiger charge is 2.50. The van der Waals surface area contributed by atoms with Gasteiger partial charge in [-0.1, -0.05) is 45.9 Å². The van der Waals surface area contributed by atoms with Gasteiger partial charge < -0.3 is 59.1 Å². The molecule has 1 aliphatic carbocycles. The van der Waals surface area contributed by atoms with Crippen molar-refractivity contribution in [2.24, 2.45) is 23.7 Å². The predicted octanol–water partition coefficient (Wildman–Crippen LogP) is 4.85. The second kappa shape index (κ2) is 18.7. The van der Waals surface area contributed by atoms with E-state index in [1.165, 1.54) is 46.3 Å². The molecule has 2 aromatic carbocycles. The largest absolute Gasteiger partial charge is 0.507 e. The molecule has 6 N–H and O–H groups in total. The fourth-order valence-electron chi connectivity index (χ4n) is 9.12. The van der Waals surface area contributed by atoms with Gasteiger partial charge in [-0.2, -0.15) is 0 Å². The van der Waals surface area contributed by atoms with E-state index in [4.69, 9.17) is 28.3 Å². The minimum Gasteiger partial charge on any atom is -0.507 e. The first-order valence-electron chi connectivity index (χ1n) is 21.9. The van der Waals surface area contributed by atoms with Gasteiger partial charge in [0.2, 0.25) is 5.43 Å². The number of phenolic OH excluding ortho intramolecular Hbond substituents is 2. The van der Waals surface area contributed by atoms with Crippen LogP contribution in [0.25, 0.3) is 33.3 Å². The number of amides is 1. The van der Waals surface area contributed by atoms with Crippen molar-refractivity contribution in [3.63, 3.8) is 0 Å². The Hall–Kier alpha value is -5.56. The Labute approximate surface area is 376 Å². The zero-order valence-electron chi connectivity index (χ0n) is 38.2. The summed E-state index contributed by atoms with van der Waals surface area (Å²) < 4.78 is 29.7. The first-order valence-corrected chi connectivity index (χ1v) is 21.9. The van der Waals surface area contributed by atoms with Crippen molar-refractivity contribution in [2.75, 3.05) is 63.8 Å². The summed E-state index contributed by atoms with van der Waals surface area (Å²) in [5.74, 6) is -7.13. The Bertz CT molecular complexity index is 2600. The molecule has 0 unspecified atom stereocenters. The van der Waals surface area contributed by atoms with Gasteiger partial charge in [0, 0.05) is 112 Å². The molecule has 17 nitrogen and oxygen atoms in total. The van der Waals surface area contributed by atoms with Crippen LogP contribution in [0.3, 0.4) is 0 Å². The molecule has 5 heterocycles. The highest BCUT2D eigenvalue weighted by molar-refractivity contribution is 6.22. The van der Waals surface area contributed by atoms with Crippen molar-refractivity contribution in [3.8, 4) is 28.7 Å². The van der Waals surface area contributed by atoms with Gasteiger partial charge in [0.1, 0.15) is 34.1 Å². The number of nitrogens with zero attached hydrogens (tertiary/aromatic N) is 3. The molecule has 6 aliphatic rings. The van der Waals surface area contributed by atoms with E-state index in [0.717, 1.165) is 19.6 Å². The van der Waals surface area contributed by atoms with Gasteiger partial charge in [0.05, 0.1) is 48.2 Å². The van der Waals surface area contributed by atoms with Crippen molar-refractivity contribution in [3.05, 3.63) is 69.6 Å². The number of benzene rings is 3. The third-order valence-electron chi connectivity index (χ3n) is 13.5. The number of methoxy groups -OCH3 is 2. The van der Waals surface area contributed by atoms with Gasteiger partial charge in [-0.3, -0.25) is 19.3 Å². The van der Waals surface area contributed by atoms with Crippen LogP contribution in [0.5, 0.6) is 17.2 Å². The van der Waals surface area contributed by atoms with Gasteiger partial charge in [0.15, 0.2) is 11.3 Å². The van der Waals surface area contributed by atoms with Gasteiger partial charge in [0.25, 0.3) is 11.7 Å². The smallest absolute Gasteiger partial charge is 0.312 e. The molecule has 5 aliphatic heterocycles. The molecule has 0 spiro atoms. The maximum absolute atomic E-state index is 14.8. The van der Waals surface area contributed by atoms with Crippen molar-refractivity contribution in [1.29, 1.82) is 0 Å². The van der Waals surface area contributed by atoms with Crippen LogP contribution in [0.4, 0.5) is 11.4 Å². The van der Waals surface area contributed by atoms with Crippen LogP contribution in [-0.4, -0.2) is 131 Å². The number of ketones is 1. The quantitative estimate of drug-likeness (QED) is 0.116. The number of aromatic nitrogens is 1. The average molecular weight is 901 g/mol. The van der Waals surface area contributed by atoms with Crippen molar-refractivity contribution >= 4 is 44.9 Å². The molecule has 2 aromatic rings. The standard InChI is InChI=1S/C48H60N4O13/c1-23-11-10-12-24(2)47(60)50-38-43(58)34-33(37-45(38)64-32-22-29(21-30(53)36(32)49-37)52-16-14-51(15-17-52)18-20-61-8)35-44(28(6)42(34)57)65-48(7,46(35)59)63-19-13-31(62-9)25(3)40(55)27(5)41(56)26(4)39(23)54/h10-13,19,21-23,25-27,31,39-41,53-57H,14-18,20H2,1-9H3,(H,50,60)/b11-10+,19-13+,24-12-/t23-,25+,26+,27-,31-,39-,40+,41+,48-/m0/s1. The van der Waals surface area contributed by atoms with Gasteiger partial charge in [-0.15, -0.1) is 0 Å². The number of aliphatic hydroxyl groups is 3. The monoisotopic (exact) mass is 900 g/mol. The summed E-state index contributed by atoms with van der Waals surface area (Å²) in [4.78, 5) is 52.7. The van der Waals surface area contributed by atoms with Crippen molar-refractivity contribution < 1.29 is 58.5 Å². The number of nitrogens with one attached hydrogen (secondary N) is 1. The van der Waals surface area contributed by atoms with Crippen molar-refractivity contribution in [2.45, 2.75) is 78.7 Å². The fourth-order valence-corrected chi connectivity index (χ4v) is 9.12. The van der Waals surface area contributed by atoms with E-state index in [1.54, 1.807) is 59.1 Å². The molecule has 1 fully saturated rings. The maximum Gasteiger partial charge on any atom is 0.312 e. The molecule has 8 rings (SSSR count). The number of anilines is 2. The lowest BCUT2D eigenvalue weighted by Crippen LogP contribution is -2.47. The van der Waals surface area contributed by atoms with Gasteiger partial charge in [-0.25, -0.2) is 4.98 Å². The summed E-state index contributed by atoms with van der Waals surface area (Å²) in [7, 11) is 3.10. The molecule has 9 atom stereocenters. The summed E-state index contributed by atoms with van der Waals surface area (Å²) >= 11 is 0. The van der Waals surface area contributed by atoms with Crippen molar-refractivity contribution in [1.82, 2.24) is 9.88 Å². The number of ether oxygens (including phenoxy) is 4. The second-order valence-corrected chi connectivity index (χ2v) is 17.8. The SMILES string of the molecule is COCCN1CCN(c2cc(O)c3nc4c5c6c7c(C)c(O)c5c(=O)c(c-4oc3c2)NC(=O)/C(C)=C\C=C\[C@H](C)[C@H](O)[C@@H](C)[C@@H](O)[C@@H](C)[C@H](O)[C@H](C)[C@@H](OC)/C=C/O[C@@](C)(O7)C6=O)CC1. The number of Topliss-reactive ketones (excluding diaryl/α,β-unsaturated/α-hetero) is 1. The van der Waals surface area contributed by atoms with E-state index in [2.05, 4.69) is 15.1 Å². The number of aliphatic hydroxyl groups excluding tert-OH is 3. The lowest BCUT2D eigenvalue weighted by atomic mass is 9.78. The minimum atomic E-state index is -2.06. The number of aromatic hydroxyl groups is 2.